The zero-order valence-electron chi connectivity index (χ0n) is 8.52. The van der Waals surface area contributed by atoms with E-state index in [0.717, 1.165) is 6.20 Å². The number of nitrogens with two attached hydrogens (primary N) is 1. The van der Waals surface area contributed by atoms with Crippen molar-refractivity contribution in [3.05, 3.63) is 29.3 Å². The molecule has 0 aliphatic heterocycles. The number of nitrogens with zero attached hydrogens (tertiary/aromatic N) is 1. The number of hydrogen-bond donors (Lipinski definition) is 3. The quantitative estimate of drug-likeness (QED) is 0.672. The molecule has 0 amide bonds. The van der Waals surface area contributed by atoms with E-state index in [0.29, 0.717) is 5.56 Å². The Balaban J connectivity index is 2.86. The maximum atomic E-state index is 12.7. The smallest absolute Gasteiger partial charge is 0.141 e. The molecule has 15 heavy (non-hydrogen) atoms. The van der Waals surface area contributed by atoms with E-state index >= 15 is 0 Å². The number of hydrogen-bond acceptors (Lipinski definition) is 4. The summed E-state index contributed by atoms with van der Waals surface area (Å²) in [5.41, 5.74) is 6.06. The van der Waals surface area contributed by atoms with Gasteiger partial charge in [0, 0.05) is 0 Å². The van der Waals surface area contributed by atoms with Gasteiger partial charge in [-0.3, -0.25) is 4.98 Å². The Hall–Kier alpha value is -1.04. The van der Waals surface area contributed by atoms with Crippen molar-refractivity contribution < 1.29 is 14.6 Å². The summed E-state index contributed by atoms with van der Waals surface area (Å²) >= 11 is 0. The third-order valence-electron chi connectivity index (χ3n) is 2.19. The van der Waals surface area contributed by atoms with Crippen molar-refractivity contribution in [3.8, 4) is 0 Å². The van der Waals surface area contributed by atoms with Crippen LogP contribution in [0.2, 0.25) is 0 Å². The highest BCUT2D eigenvalue weighted by Gasteiger charge is 2.20. The molecular formula is C10H15FN2O2. The normalized spacial score (nSPS) is 15.0. The molecule has 1 rings (SSSR count). The van der Waals surface area contributed by atoms with Crippen LogP contribution in [0.25, 0.3) is 0 Å². The molecule has 1 aromatic rings. The molecule has 84 valence electrons. The summed E-state index contributed by atoms with van der Waals surface area (Å²) in [5, 5.41) is 19.2. The summed E-state index contributed by atoms with van der Waals surface area (Å²) in [5.74, 6) is -0.461. The maximum Gasteiger partial charge on any atom is 0.141 e. The Morgan fingerprint density at radius 2 is 2.20 bits per heavy atom. The minimum atomic E-state index is -1.12. The summed E-state index contributed by atoms with van der Waals surface area (Å²) in [4.78, 5) is 3.76. The zero-order valence-corrected chi connectivity index (χ0v) is 8.52. The number of aliphatic hydroxyl groups is 2. The molecule has 0 aliphatic carbocycles. The van der Waals surface area contributed by atoms with Gasteiger partial charge in [0.1, 0.15) is 11.9 Å². The van der Waals surface area contributed by atoms with Gasteiger partial charge in [-0.1, -0.05) is 0 Å². The third kappa shape index (κ3) is 2.95. The average Bonchev–Trinajstić information content (AvgIpc) is 2.17. The van der Waals surface area contributed by atoms with Crippen molar-refractivity contribution in [2.75, 3.05) is 6.54 Å². The first-order valence-electron chi connectivity index (χ1n) is 4.74. The fraction of sp³-hybridized carbons (Fsp3) is 0.500. The number of aryl methyl sites for hydroxylation is 1. The van der Waals surface area contributed by atoms with Gasteiger partial charge in [0.25, 0.3) is 0 Å². The van der Waals surface area contributed by atoms with Gasteiger partial charge in [-0.25, -0.2) is 4.39 Å². The summed E-state index contributed by atoms with van der Waals surface area (Å²) in [6.45, 7) is 1.91. The lowest BCUT2D eigenvalue weighted by Crippen LogP contribution is -2.23. The largest absolute Gasteiger partial charge is 0.390 e. The molecule has 2 atom stereocenters. The molecule has 5 heteroatoms. The van der Waals surface area contributed by atoms with Gasteiger partial charge in [0.2, 0.25) is 0 Å². The first-order chi connectivity index (χ1) is 7.06. The van der Waals surface area contributed by atoms with Crippen molar-refractivity contribution in [3.63, 3.8) is 0 Å². The van der Waals surface area contributed by atoms with E-state index in [2.05, 4.69) is 4.98 Å². The van der Waals surface area contributed by atoms with Crippen LogP contribution < -0.4 is 5.73 Å². The first kappa shape index (κ1) is 12.0. The monoisotopic (exact) mass is 214 g/mol. The summed E-state index contributed by atoms with van der Waals surface area (Å²) in [6, 6.07) is 1.26. The third-order valence-corrected chi connectivity index (χ3v) is 2.19. The van der Waals surface area contributed by atoms with E-state index in [1.54, 1.807) is 6.92 Å². The van der Waals surface area contributed by atoms with Crippen molar-refractivity contribution in [2.45, 2.75) is 25.6 Å². The first-order valence-corrected chi connectivity index (χ1v) is 4.74. The van der Waals surface area contributed by atoms with Gasteiger partial charge < -0.3 is 15.9 Å². The fourth-order valence-electron chi connectivity index (χ4n) is 1.37. The number of aromatic nitrogens is 1. The van der Waals surface area contributed by atoms with E-state index in [9.17, 15) is 14.6 Å². The van der Waals surface area contributed by atoms with Crippen LogP contribution in [0.4, 0.5) is 4.39 Å². The highest BCUT2D eigenvalue weighted by atomic mass is 19.1. The molecule has 0 aliphatic rings. The van der Waals surface area contributed by atoms with E-state index in [1.165, 1.54) is 6.07 Å². The van der Waals surface area contributed by atoms with Gasteiger partial charge >= 0.3 is 0 Å². The van der Waals surface area contributed by atoms with Crippen molar-refractivity contribution >= 4 is 0 Å². The molecule has 0 spiro atoms. The number of aliphatic hydroxyl groups excluding tert-OH is 2. The second-order valence-corrected chi connectivity index (χ2v) is 3.45. The Bertz CT molecular complexity index is 333. The number of pyridine rings is 1. The molecule has 0 bridgehead atoms. The Morgan fingerprint density at radius 1 is 1.53 bits per heavy atom. The molecule has 0 radical (unpaired) electrons. The van der Waals surface area contributed by atoms with E-state index in [4.69, 9.17) is 5.73 Å². The maximum absolute atomic E-state index is 12.7. The molecule has 2 unspecified atom stereocenters. The SMILES string of the molecule is Cc1cc(F)cnc1C(O)C(O)CCN. The van der Waals surface area contributed by atoms with Gasteiger partial charge in [-0.2, -0.15) is 0 Å². The Morgan fingerprint density at radius 3 is 2.73 bits per heavy atom. The van der Waals surface area contributed by atoms with Gasteiger partial charge in [-0.05, 0) is 31.5 Å². The number of halogens is 1. The van der Waals surface area contributed by atoms with E-state index < -0.39 is 18.0 Å². The van der Waals surface area contributed by atoms with Crippen LogP contribution in [-0.4, -0.2) is 27.8 Å². The van der Waals surface area contributed by atoms with Crippen LogP contribution >= 0.6 is 0 Å². The molecule has 4 nitrogen and oxygen atoms in total. The fourth-order valence-corrected chi connectivity index (χ4v) is 1.37. The van der Waals surface area contributed by atoms with Crippen LogP contribution in [0, 0.1) is 12.7 Å². The predicted molar refractivity (Wildman–Crippen MR) is 53.6 cm³/mol. The summed E-state index contributed by atoms with van der Waals surface area (Å²) in [7, 11) is 0. The van der Waals surface area contributed by atoms with Crippen LogP contribution in [0.1, 0.15) is 23.8 Å². The standard InChI is InChI=1S/C10H15FN2O2/c1-6-4-7(11)5-13-9(6)10(15)8(14)2-3-12/h4-5,8,10,14-15H,2-3,12H2,1H3. The molecule has 0 fully saturated rings. The number of rotatable bonds is 4. The zero-order chi connectivity index (χ0) is 11.4. The van der Waals surface area contributed by atoms with Crippen LogP contribution in [0.3, 0.4) is 0 Å². The van der Waals surface area contributed by atoms with Gasteiger partial charge in [-0.15, -0.1) is 0 Å². The lowest BCUT2D eigenvalue weighted by atomic mass is 10.0. The minimum absolute atomic E-state index is 0.276. The second-order valence-electron chi connectivity index (χ2n) is 3.45. The predicted octanol–water partition coefficient (Wildman–Crippen LogP) is 0.272. The Kier molecular flexibility index (Phi) is 4.14. The summed E-state index contributed by atoms with van der Waals surface area (Å²) in [6.07, 6.45) is -0.791. The van der Waals surface area contributed by atoms with Crippen molar-refractivity contribution in [1.82, 2.24) is 4.98 Å². The molecular weight excluding hydrogens is 199 g/mol. The topological polar surface area (TPSA) is 79.4 Å². The van der Waals surface area contributed by atoms with E-state index in [1.807, 2.05) is 0 Å². The van der Waals surface area contributed by atoms with Crippen molar-refractivity contribution in [1.29, 1.82) is 0 Å². The van der Waals surface area contributed by atoms with Crippen LogP contribution in [-0.2, 0) is 0 Å². The Labute approximate surface area is 87.6 Å². The second kappa shape index (κ2) is 5.16. The molecule has 0 saturated carbocycles. The lowest BCUT2D eigenvalue weighted by molar-refractivity contribution is 0.0120. The highest BCUT2D eigenvalue weighted by molar-refractivity contribution is 5.21. The molecule has 1 aromatic heterocycles. The lowest BCUT2D eigenvalue weighted by Gasteiger charge is -2.18. The van der Waals surface area contributed by atoms with Crippen molar-refractivity contribution in [2.24, 2.45) is 5.73 Å². The van der Waals surface area contributed by atoms with Crippen LogP contribution in [0.15, 0.2) is 12.3 Å². The average molecular weight is 214 g/mol. The van der Waals surface area contributed by atoms with Gasteiger partial charge in [0.15, 0.2) is 0 Å². The van der Waals surface area contributed by atoms with E-state index in [-0.39, 0.29) is 18.7 Å². The summed E-state index contributed by atoms with van der Waals surface area (Å²) < 4.78 is 12.7. The molecule has 0 aromatic carbocycles. The highest BCUT2D eigenvalue weighted by Crippen LogP contribution is 2.20. The minimum Gasteiger partial charge on any atom is -0.390 e. The molecule has 4 N–H and O–H groups in total. The molecule has 0 saturated heterocycles. The van der Waals surface area contributed by atoms with Crippen LogP contribution in [0.5, 0.6) is 0 Å². The molecule has 1 heterocycles. The van der Waals surface area contributed by atoms with Gasteiger partial charge in [0.05, 0.1) is 18.0 Å².